The van der Waals surface area contributed by atoms with E-state index in [4.69, 9.17) is 11.5 Å². The van der Waals surface area contributed by atoms with Crippen molar-refractivity contribution in [2.45, 2.75) is 76.5 Å². The molecule has 0 aliphatic heterocycles. The van der Waals surface area contributed by atoms with Gasteiger partial charge in [-0.05, 0) is 31.7 Å². The van der Waals surface area contributed by atoms with Gasteiger partial charge in [-0.3, -0.25) is 14.4 Å². The molecular formula is C24H39N9O5. The summed E-state index contributed by atoms with van der Waals surface area (Å²) in [5, 5.41) is 17.5. The maximum Gasteiger partial charge on any atom is 0.326 e. The fourth-order valence-electron chi connectivity index (χ4n) is 3.80. The molecule has 38 heavy (non-hydrogen) atoms. The summed E-state index contributed by atoms with van der Waals surface area (Å²) >= 11 is 0. The molecule has 0 bridgehead atoms. The van der Waals surface area contributed by atoms with E-state index in [1.165, 1.54) is 18.9 Å². The summed E-state index contributed by atoms with van der Waals surface area (Å²) in [6.45, 7) is 4.08. The number of imidazole rings is 2. The van der Waals surface area contributed by atoms with Crippen LogP contribution in [-0.4, -0.2) is 79.4 Å². The standard InChI is InChI=1S/C24H39N9O5/c1-3-14(2)20(33-21(34)17(26)8-15-10-27-12-29-15)23(36)31-18(6-4-5-7-25)22(35)32-19(24(37)38)9-16-11-28-13-30-16/h10-14,17-20H,3-9,25-26H2,1-2H3,(H,27,29)(H,28,30)(H,31,36)(H,32,35)(H,33,34)(H,37,38). The third-order valence-corrected chi connectivity index (χ3v) is 6.30. The lowest BCUT2D eigenvalue weighted by Gasteiger charge is -2.28. The largest absolute Gasteiger partial charge is 0.480 e. The lowest BCUT2D eigenvalue weighted by Crippen LogP contribution is -2.59. The number of nitrogens with two attached hydrogens (primary N) is 2. The Balaban J connectivity index is 2.12. The summed E-state index contributed by atoms with van der Waals surface area (Å²) in [7, 11) is 0. The number of carboxylic acid groups (broad SMARTS) is 1. The number of hydrogen-bond acceptors (Lipinski definition) is 8. The summed E-state index contributed by atoms with van der Waals surface area (Å²) < 4.78 is 0. The number of aromatic amines is 2. The van der Waals surface area contributed by atoms with Gasteiger partial charge >= 0.3 is 5.97 Å². The van der Waals surface area contributed by atoms with Crippen LogP contribution < -0.4 is 27.4 Å². The van der Waals surface area contributed by atoms with Crippen LogP contribution in [0.3, 0.4) is 0 Å². The molecule has 2 aromatic rings. The van der Waals surface area contributed by atoms with E-state index in [-0.39, 0.29) is 25.2 Å². The average molecular weight is 534 g/mol. The van der Waals surface area contributed by atoms with Crippen molar-refractivity contribution in [3.63, 3.8) is 0 Å². The fraction of sp³-hybridized carbons (Fsp3) is 0.583. The molecule has 0 aliphatic carbocycles. The number of carboxylic acids is 1. The first-order chi connectivity index (χ1) is 18.2. The first kappa shape index (κ1) is 30.4. The van der Waals surface area contributed by atoms with E-state index in [1.807, 2.05) is 6.92 Å². The number of nitrogens with one attached hydrogen (secondary N) is 5. The monoisotopic (exact) mass is 533 g/mol. The number of aliphatic carboxylic acids is 1. The van der Waals surface area contributed by atoms with Gasteiger partial charge in [0, 0.05) is 36.6 Å². The van der Waals surface area contributed by atoms with Crippen LogP contribution in [-0.2, 0) is 32.0 Å². The molecule has 14 nitrogen and oxygen atoms in total. The van der Waals surface area contributed by atoms with Gasteiger partial charge in [-0.15, -0.1) is 0 Å². The van der Waals surface area contributed by atoms with Crippen molar-refractivity contribution in [1.82, 2.24) is 35.9 Å². The summed E-state index contributed by atoms with van der Waals surface area (Å²) in [5.41, 5.74) is 12.8. The topological polar surface area (TPSA) is 234 Å². The van der Waals surface area contributed by atoms with Gasteiger partial charge in [0.25, 0.3) is 0 Å². The Bertz CT molecular complexity index is 1010. The number of nitrogens with zero attached hydrogens (tertiary/aromatic N) is 2. The Labute approximate surface area is 221 Å². The van der Waals surface area contributed by atoms with Gasteiger partial charge in [0.05, 0.1) is 18.7 Å². The molecule has 0 saturated carbocycles. The molecule has 5 atom stereocenters. The zero-order chi connectivity index (χ0) is 28.1. The molecule has 210 valence electrons. The smallest absolute Gasteiger partial charge is 0.326 e. The molecule has 0 spiro atoms. The molecule has 0 aliphatic rings. The summed E-state index contributed by atoms with van der Waals surface area (Å²) in [5.74, 6) is -3.22. The molecule has 5 unspecified atom stereocenters. The van der Waals surface area contributed by atoms with E-state index < -0.39 is 47.9 Å². The molecule has 2 heterocycles. The van der Waals surface area contributed by atoms with Gasteiger partial charge < -0.3 is 42.5 Å². The number of aromatic nitrogens is 4. The van der Waals surface area contributed by atoms with Crippen LogP contribution in [0.15, 0.2) is 25.0 Å². The lowest BCUT2D eigenvalue weighted by molar-refractivity contribution is -0.142. The highest BCUT2D eigenvalue weighted by Gasteiger charge is 2.32. The van der Waals surface area contributed by atoms with Crippen LogP contribution in [0.2, 0.25) is 0 Å². The Kier molecular flexibility index (Phi) is 12.4. The minimum atomic E-state index is -1.23. The Morgan fingerprint density at radius 1 is 0.921 bits per heavy atom. The second-order valence-electron chi connectivity index (χ2n) is 9.29. The van der Waals surface area contributed by atoms with Crippen LogP contribution >= 0.6 is 0 Å². The van der Waals surface area contributed by atoms with E-state index in [0.717, 1.165) is 0 Å². The van der Waals surface area contributed by atoms with Gasteiger partial charge in [-0.2, -0.15) is 0 Å². The average Bonchev–Trinajstić information content (AvgIpc) is 3.60. The Hall–Kier alpha value is -3.78. The van der Waals surface area contributed by atoms with Crippen LogP contribution in [0.5, 0.6) is 0 Å². The highest BCUT2D eigenvalue weighted by atomic mass is 16.4. The van der Waals surface area contributed by atoms with E-state index in [9.17, 15) is 24.3 Å². The molecule has 0 saturated heterocycles. The number of rotatable bonds is 17. The molecule has 10 N–H and O–H groups in total. The van der Waals surface area contributed by atoms with Crippen molar-refractivity contribution >= 4 is 23.7 Å². The SMILES string of the molecule is CCC(C)C(NC(=O)C(N)Cc1cnc[nH]1)C(=O)NC(CCCCN)C(=O)NC(Cc1cnc[nH]1)C(=O)O. The minimum absolute atomic E-state index is 0.00961. The number of carbonyl (C=O) groups excluding carboxylic acids is 3. The van der Waals surface area contributed by atoms with Crippen LogP contribution in [0.25, 0.3) is 0 Å². The van der Waals surface area contributed by atoms with Crippen LogP contribution in [0.1, 0.15) is 50.9 Å². The van der Waals surface area contributed by atoms with E-state index in [1.54, 1.807) is 13.1 Å². The highest BCUT2D eigenvalue weighted by Crippen LogP contribution is 2.11. The zero-order valence-corrected chi connectivity index (χ0v) is 21.8. The maximum absolute atomic E-state index is 13.3. The molecule has 0 radical (unpaired) electrons. The molecule has 0 fully saturated rings. The summed E-state index contributed by atoms with van der Waals surface area (Å²) in [6.07, 6.45) is 8.08. The molecule has 14 heteroatoms. The molecule has 2 aromatic heterocycles. The second kappa shape index (κ2) is 15.5. The number of hydrogen-bond donors (Lipinski definition) is 8. The number of carbonyl (C=O) groups is 4. The van der Waals surface area contributed by atoms with Crippen molar-refractivity contribution in [2.75, 3.05) is 6.54 Å². The van der Waals surface area contributed by atoms with Crippen molar-refractivity contribution < 1.29 is 24.3 Å². The molecular weight excluding hydrogens is 494 g/mol. The van der Waals surface area contributed by atoms with Gasteiger partial charge in [0.15, 0.2) is 0 Å². The third kappa shape index (κ3) is 9.59. The summed E-state index contributed by atoms with van der Waals surface area (Å²) in [6, 6.07) is -4.13. The number of unbranched alkanes of at least 4 members (excludes halogenated alkanes) is 1. The third-order valence-electron chi connectivity index (χ3n) is 6.30. The maximum atomic E-state index is 13.3. The first-order valence-corrected chi connectivity index (χ1v) is 12.7. The van der Waals surface area contributed by atoms with Gasteiger partial charge in [-0.1, -0.05) is 20.3 Å². The van der Waals surface area contributed by atoms with Gasteiger partial charge in [-0.25, -0.2) is 14.8 Å². The van der Waals surface area contributed by atoms with E-state index in [0.29, 0.717) is 37.2 Å². The van der Waals surface area contributed by atoms with Crippen LogP contribution in [0.4, 0.5) is 0 Å². The molecule has 2 rings (SSSR count). The predicted octanol–water partition coefficient (Wildman–Crippen LogP) is -1.04. The normalized spacial score (nSPS) is 15.1. The Morgan fingerprint density at radius 3 is 2.05 bits per heavy atom. The van der Waals surface area contributed by atoms with Crippen molar-refractivity contribution in [3.05, 3.63) is 36.4 Å². The minimum Gasteiger partial charge on any atom is -0.480 e. The van der Waals surface area contributed by atoms with E-state index >= 15 is 0 Å². The van der Waals surface area contributed by atoms with Crippen molar-refractivity contribution in [3.8, 4) is 0 Å². The molecule has 3 amide bonds. The van der Waals surface area contributed by atoms with Crippen molar-refractivity contribution in [2.24, 2.45) is 17.4 Å². The highest BCUT2D eigenvalue weighted by molar-refractivity contribution is 5.94. The predicted molar refractivity (Wildman–Crippen MR) is 138 cm³/mol. The van der Waals surface area contributed by atoms with Crippen LogP contribution in [0, 0.1) is 5.92 Å². The first-order valence-electron chi connectivity index (χ1n) is 12.7. The number of H-pyrrole nitrogens is 2. The van der Waals surface area contributed by atoms with Gasteiger partial charge in [0.2, 0.25) is 17.7 Å². The Morgan fingerprint density at radius 2 is 1.53 bits per heavy atom. The summed E-state index contributed by atoms with van der Waals surface area (Å²) in [4.78, 5) is 64.5. The number of amides is 3. The lowest BCUT2D eigenvalue weighted by atomic mass is 9.96. The van der Waals surface area contributed by atoms with E-state index in [2.05, 4.69) is 35.9 Å². The zero-order valence-electron chi connectivity index (χ0n) is 21.8. The second-order valence-corrected chi connectivity index (χ2v) is 9.29. The van der Waals surface area contributed by atoms with Crippen molar-refractivity contribution in [1.29, 1.82) is 0 Å². The quantitative estimate of drug-likeness (QED) is 0.116. The fourth-order valence-corrected chi connectivity index (χ4v) is 3.80. The van der Waals surface area contributed by atoms with Gasteiger partial charge in [0.1, 0.15) is 18.1 Å². The molecule has 0 aromatic carbocycles.